The number of aryl methyl sites for hydroxylation is 1. The maximum atomic E-state index is 11.9. The van der Waals surface area contributed by atoms with E-state index in [2.05, 4.69) is 31.2 Å². The van der Waals surface area contributed by atoms with Crippen LogP contribution in [0.15, 0.2) is 6.07 Å². The lowest BCUT2D eigenvalue weighted by Gasteiger charge is -2.15. The van der Waals surface area contributed by atoms with Crippen LogP contribution in [-0.4, -0.2) is 21.7 Å². The first-order valence-electron chi connectivity index (χ1n) is 6.82. The third-order valence-electron chi connectivity index (χ3n) is 2.83. The van der Waals surface area contributed by atoms with Crippen molar-refractivity contribution in [2.45, 2.75) is 53.0 Å². The van der Waals surface area contributed by atoms with Crippen molar-refractivity contribution in [3.63, 3.8) is 0 Å². The van der Waals surface area contributed by atoms with E-state index >= 15 is 0 Å². The molecule has 0 aromatic carbocycles. The van der Waals surface area contributed by atoms with Crippen molar-refractivity contribution in [2.24, 2.45) is 18.2 Å². The summed E-state index contributed by atoms with van der Waals surface area (Å²) in [6.07, 6.45) is 2.46. The van der Waals surface area contributed by atoms with Gasteiger partial charge < -0.3 is 11.1 Å². The summed E-state index contributed by atoms with van der Waals surface area (Å²) in [7, 11) is 1.83. The summed E-state index contributed by atoms with van der Waals surface area (Å²) in [5, 5.41) is 7.25. The number of rotatable bonds is 5. The maximum Gasteiger partial charge on any atom is 0.242 e. The molecule has 0 fully saturated rings. The van der Waals surface area contributed by atoms with E-state index in [-0.39, 0.29) is 11.3 Å². The Bertz CT molecular complexity index is 431. The van der Waals surface area contributed by atoms with E-state index in [4.69, 9.17) is 5.73 Å². The molecule has 0 saturated heterocycles. The van der Waals surface area contributed by atoms with Crippen molar-refractivity contribution in [1.29, 1.82) is 0 Å². The molecule has 1 aromatic rings. The fourth-order valence-electron chi connectivity index (χ4n) is 1.93. The second-order valence-electron chi connectivity index (χ2n) is 6.27. The highest BCUT2D eigenvalue weighted by Crippen LogP contribution is 2.21. The molecule has 5 heteroatoms. The van der Waals surface area contributed by atoms with Crippen LogP contribution in [0.3, 0.4) is 0 Å². The minimum Gasteiger partial charge on any atom is -0.320 e. The van der Waals surface area contributed by atoms with Crippen LogP contribution in [0.1, 0.15) is 46.2 Å². The van der Waals surface area contributed by atoms with Crippen molar-refractivity contribution >= 4 is 11.7 Å². The second kappa shape index (κ2) is 6.19. The third kappa shape index (κ3) is 5.03. The van der Waals surface area contributed by atoms with Crippen molar-refractivity contribution in [2.75, 3.05) is 5.32 Å². The summed E-state index contributed by atoms with van der Waals surface area (Å²) in [6.45, 7) is 8.50. The van der Waals surface area contributed by atoms with Gasteiger partial charge in [0.05, 0.1) is 11.7 Å². The second-order valence-corrected chi connectivity index (χ2v) is 6.27. The Hall–Kier alpha value is -1.36. The Morgan fingerprint density at radius 3 is 2.68 bits per heavy atom. The molecule has 1 rings (SSSR count). The zero-order valence-electron chi connectivity index (χ0n) is 12.7. The summed E-state index contributed by atoms with van der Waals surface area (Å²) in [5.41, 5.74) is 6.95. The number of nitrogens with zero attached hydrogens (tertiary/aromatic N) is 2. The molecule has 108 valence electrons. The zero-order valence-corrected chi connectivity index (χ0v) is 12.7. The third-order valence-corrected chi connectivity index (χ3v) is 2.83. The molecule has 0 aliphatic heterocycles. The summed E-state index contributed by atoms with van der Waals surface area (Å²) >= 11 is 0. The van der Waals surface area contributed by atoms with Crippen molar-refractivity contribution in [3.8, 4) is 0 Å². The lowest BCUT2D eigenvalue weighted by Crippen LogP contribution is -2.35. The standard InChI is InChI=1S/C14H26N4O/c1-6-7-11(15)13(19)16-12-8-10(17-18(12)5)9-14(2,3)4/h8,11H,6-7,9,15H2,1-5H3,(H,16,19). The number of nitrogens with two attached hydrogens (primary N) is 1. The quantitative estimate of drug-likeness (QED) is 0.857. The fourth-order valence-corrected chi connectivity index (χ4v) is 1.93. The molecule has 5 nitrogen and oxygen atoms in total. The molecule has 1 amide bonds. The van der Waals surface area contributed by atoms with E-state index in [1.165, 1.54) is 0 Å². The van der Waals surface area contributed by atoms with Gasteiger partial charge in [-0.15, -0.1) is 0 Å². The van der Waals surface area contributed by atoms with Gasteiger partial charge in [-0.2, -0.15) is 5.10 Å². The van der Waals surface area contributed by atoms with Gasteiger partial charge in [0, 0.05) is 13.1 Å². The van der Waals surface area contributed by atoms with Crippen LogP contribution in [0.4, 0.5) is 5.82 Å². The molecule has 0 bridgehead atoms. The topological polar surface area (TPSA) is 72.9 Å². The smallest absolute Gasteiger partial charge is 0.242 e. The summed E-state index contributed by atoms with van der Waals surface area (Å²) < 4.78 is 1.69. The molecular formula is C14H26N4O. The van der Waals surface area contributed by atoms with Gasteiger partial charge in [-0.1, -0.05) is 34.1 Å². The van der Waals surface area contributed by atoms with Crippen LogP contribution in [0.5, 0.6) is 0 Å². The molecule has 1 unspecified atom stereocenters. The number of nitrogens with one attached hydrogen (secondary N) is 1. The highest BCUT2D eigenvalue weighted by Gasteiger charge is 2.17. The lowest BCUT2D eigenvalue weighted by atomic mass is 9.91. The van der Waals surface area contributed by atoms with Gasteiger partial charge in [0.25, 0.3) is 0 Å². The van der Waals surface area contributed by atoms with Crippen molar-refractivity contribution < 1.29 is 4.79 Å². The molecule has 0 spiro atoms. The largest absolute Gasteiger partial charge is 0.320 e. The monoisotopic (exact) mass is 266 g/mol. The number of hydrogen-bond acceptors (Lipinski definition) is 3. The lowest BCUT2D eigenvalue weighted by molar-refractivity contribution is -0.117. The average Bonchev–Trinajstić information content (AvgIpc) is 2.56. The van der Waals surface area contributed by atoms with Crippen LogP contribution < -0.4 is 11.1 Å². The van der Waals surface area contributed by atoms with Crippen molar-refractivity contribution in [1.82, 2.24) is 9.78 Å². The first kappa shape index (κ1) is 15.7. The fraction of sp³-hybridized carbons (Fsp3) is 0.714. The van der Waals surface area contributed by atoms with E-state index in [1.54, 1.807) is 4.68 Å². The van der Waals surface area contributed by atoms with Crippen molar-refractivity contribution in [3.05, 3.63) is 11.8 Å². The Morgan fingerprint density at radius 1 is 1.53 bits per heavy atom. The predicted molar refractivity (Wildman–Crippen MR) is 77.9 cm³/mol. The summed E-state index contributed by atoms with van der Waals surface area (Å²) in [6, 6.07) is 1.47. The Morgan fingerprint density at radius 2 is 2.16 bits per heavy atom. The Labute approximate surface area is 115 Å². The van der Waals surface area contributed by atoms with Gasteiger partial charge in [-0.3, -0.25) is 9.48 Å². The Kier molecular flexibility index (Phi) is 5.11. The van der Waals surface area contributed by atoms with E-state index in [0.717, 1.165) is 18.5 Å². The van der Waals surface area contributed by atoms with Crippen LogP contribution in [0.2, 0.25) is 0 Å². The van der Waals surface area contributed by atoms with Crippen LogP contribution >= 0.6 is 0 Å². The molecular weight excluding hydrogens is 240 g/mol. The average molecular weight is 266 g/mol. The van der Waals surface area contributed by atoms with E-state index < -0.39 is 6.04 Å². The Balaban J connectivity index is 2.72. The molecule has 1 aromatic heterocycles. The normalized spacial score (nSPS) is 13.4. The first-order chi connectivity index (χ1) is 8.73. The number of amides is 1. The number of anilines is 1. The molecule has 0 aliphatic rings. The van der Waals surface area contributed by atoms with E-state index in [9.17, 15) is 4.79 Å². The highest BCUT2D eigenvalue weighted by molar-refractivity contribution is 5.93. The van der Waals surface area contributed by atoms with Gasteiger partial charge in [0.15, 0.2) is 0 Å². The number of carbonyl (C=O) groups excluding carboxylic acids is 1. The number of carbonyl (C=O) groups is 1. The molecule has 0 radical (unpaired) electrons. The van der Waals surface area contributed by atoms with Crippen LogP contribution in [-0.2, 0) is 18.3 Å². The zero-order chi connectivity index (χ0) is 14.6. The van der Waals surface area contributed by atoms with Gasteiger partial charge in [0.2, 0.25) is 5.91 Å². The van der Waals surface area contributed by atoms with E-state index in [1.807, 2.05) is 20.0 Å². The summed E-state index contributed by atoms with van der Waals surface area (Å²) in [4.78, 5) is 11.9. The number of aromatic nitrogens is 2. The van der Waals surface area contributed by atoms with Gasteiger partial charge in [0.1, 0.15) is 5.82 Å². The number of hydrogen-bond donors (Lipinski definition) is 2. The van der Waals surface area contributed by atoms with E-state index in [0.29, 0.717) is 12.2 Å². The molecule has 1 atom stereocenters. The molecule has 0 saturated carbocycles. The summed E-state index contributed by atoms with van der Waals surface area (Å²) in [5.74, 6) is 0.558. The predicted octanol–water partition coefficient (Wildman–Crippen LogP) is 2.07. The molecule has 0 aliphatic carbocycles. The molecule has 19 heavy (non-hydrogen) atoms. The highest BCUT2D eigenvalue weighted by atomic mass is 16.2. The maximum absolute atomic E-state index is 11.9. The van der Waals surface area contributed by atoms with Gasteiger partial charge in [-0.25, -0.2) is 0 Å². The first-order valence-corrected chi connectivity index (χ1v) is 6.82. The minimum atomic E-state index is -0.453. The molecule has 1 heterocycles. The minimum absolute atomic E-state index is 0.146. The van der Waals surface area contributed by atoms with Gasteiger partial charge in [-0.05, 0) is 18.3 Å². The molecule has 3 N–H and O–H groups in total. The van der Waals surface area contributed by atoms with Crippen LogP contribution in [0, 0.1) is 5.41 Å². The van der Waals surface area contributed by atoms with Crippen LogP contribution in [0.25, 0.3) is 0 Å². The van der Waals surface area contributed by atoms with Gasteiger partial charge >= 0.3 is 0 Å². The SMILES string of the molecule is CCCC(N)C(=O)Nc1cc(CC(C)(C)C)nn1C.